The topological polar surface area (TPSA) is 68.6 Å². The fraction of sp³-hybridized carbons (Fsp3) is 0.538. The summed E-state index contributed by atoms with van der Waals surface area (Å²) in [6.45, 7) is 10.5. The number of hydrogen-bond acceptors (Lipinski definition) is 5. The van der Waals surface area contributed by atoms with E-state index in [0.29, 0.717) is 28.2 Å². The van der Waals surface area contributed by atoms with Gasteiger partial charge in [-0.1, -0.05) is 25.6 Å². The van der Waals surface area contributed by atoms with E-state index in [0.717, 1.165) is 55.1 Å². The van der Waals surface area contributed by atoms with E-state index in [-0.39, 0.29) is 17.7 Å². The molecule has 0 bridgehead atoms. The van der Waals surface area contributed by atoms with Gasteiger partial charge in [0.25, 0.3) is 0 Å². The molecule has 1 aliphatic heterocycles. The minimum atomic E-state index is -1.46. The molecule has 4 rings (SSSR count). The van der Waals surface area contributed by atoms with Crippen LogP contribution in [-0.2, 0) is 33.5 Å². The number of methoxy groups -OCH3 is 1. The zero-order chi connectivity index (χ0) is 25.8. The Kier molecular flexibility index (Phi) is 9.48. The second-order valence-corrected chi connectivity index (χ2v) is 12.1. The lowest BCUT2D eigenvalue weighted by molar-refractivity contribution is -0.108. The summed E-state index contributed by atoms with van der Waals surface area (Å²) in [5.41, 5.74) is 2.22. The Hall–Kier alpha value is -1.81. The first-order chi connectivity index (χ1) is 16.6. The number of ketones is 1. The summed E-state index contributed by atoms with van der Waals surface area (Å²) >= 11 is 1.36. The van der Waals surface area contributed by atoms with Crippen LogP contribution in [0.3, 0.4) is 0 Å². The molecule has 0 saturated carbocycles. The lowest BCUT2D eigenvalue weighted by atomic mass is 9.76. The van der Waals surface area contributed by atoms with Crippen LogP contribution in [0.5, 0.6) is 0 Å². The molecule has 0 spiro atoms. The predicted molar refractivity (Wildman–Crippen MR) is 137 cm³/mol. The van der Waals surface area contributed by atoms with Gasteiger partial charge in [-0.2, -0.15) is 0 Å². The van der Waals surface area contributed by atoms with Crippen LogP contribution in [0.1, 0.15) is 61.8 Å². The quantitative estimate of drug-likeness (QED) is 0.467. The Bertz CT molecular complexity index is 1110. The number of Topliss-reactive ketones (excluding diaryl/α,β-unsaturated/α-hetero) is 1. The van der Waals surface area contributed by atoms with Crippen molar-refractivity contribution in [2.75, 3.05) is 26.8 Å². The highest BCUT2D eigenvalue weighted by Crippen LogP contribution is 2.45. The molecule has 0 N–H and O–H groups in total. The van der Waals surface area contributed by atoms with E-state index in [1.807, 2.05) is 22.7 Å². The van der Waals surface area contributed by atoms with Gasteiger partial charge in [0.2, 0.25) is 0 Å². The van der Waals surface area contributed by atoms with Crippen molar-refractivity contribution in [1.29, 1.82) is 0 Å². The molecule has 192 valence electrons. The summed E-state index contributed by atoms with van der Waals surface area (Å²) in [4.78, 5) is 26.4. The van der Waals surface area contributed by atoms with Crippen molar-refractivity contribution in [1.82, 2.24) is 8.87 Å². The Morgan fingerprint density at radius 2 is 1.89 bits per heavy atom. The van der Waals surface area contributed by atoms with Gasteiger partial charge in [0.15, 0.2) is 5.78 Å². The smallest absolute Gasteiger partial charge is 0.166 e. The van der Waals surface area contributed by atoms with Gasteiger partial charge in [-0.3, -0.25) is 4.79 Å². The first-order valence-electron chi connectivity index (χ1n) is 12.0. The van der Waals surface area contributed by atoms with E-state index in [1.54, 1.807) is 13.2 Å². The zero-order valence-electron chi connectivity index (χ0n) is 21.2. The number of ether oxygens (including phenoxy) is 1. The van der Waals surface area contributed by atoms with E-state index >= 15 is 0 Å². The van der Waals surface area contributed by atoms with Crippen LogP contribution in [0.4, 0.5) is 4.39 Å². The summed E-state index contributed by atoms with van der Waals surface area (Å²) in [5.74, 6) is -0.368. The van der Waals surface area contributed by atoms with Crippen LogP contribution in [0, 0.1) is 18.2 Å². The number of rotatable bonds is 7. The van der Waals surface area contributed by atoms with E-state index in [1.165, 1.54) is 23.9 Å². The maximum Gasteiger partial charge on any atom is 0.166 e. The van der Waals surface area contributed by atoms with Crippen molar-refractivity contribution in [2.24, 2.45) is 5.41 Å². The average Bonchev–Trinajstić information content (AvgIpc) is 3.43. The minimum absolute atomic E-state index is 0.0610. The van der Waals surface area contributed by atoms with Crippen LogP contribution in [0.15, 0.2) is 32.9 Å². The normalized spacial score (nSPS) is 18.1. The molecule has 6 nitrogen and oxygen atoms in total. The number of carbonyl (C=O) groups is 2. The maximum absolute atomic E-state index is 14.1. The SMILES string of the molecule is CCOC.Cc1c(Sc2ccc(F)cc2S(=O)N2CCCC2)c2c(n1CC=O)CC(C)(C)CC2=O. The molecule has 1 fully saturated rings. The summed E-state index contributed by atoms with van der Waals surface area (Å²) in [7, 11) is 0.225. The number of fused-ring (bicyclic) bond motifs is 1. The van der Waals surface area contributed by atoms with Crippen LogP contribution >= 0.6 is 11.8 Å². The average molecular weight is 523 g/mol. The third kappa shape index (κ3) is 6.31. The fourth-order valence-corrected chi connectivity index (χ4v) is 7.30. The lowest BCUT2D eigenvalue weighted by Crippen LogP contribution is -2.28. The largest absolute Gasteiger partial charge is 0.385 e. The predicted octanol–water partition coefficient (Wildman–Crippen LogP) is 5.21. The number of aldehydes is 1. The second-order valence-electron chi connectivity index (χ2n) is 9.61. The van der Waals surface area contributed by atoms with Crippen molar-refractivity contribution >= 4 is 34.8 Å². The molecule has 1 aromatic heterocycles. The van der Waals surface area contributed by atoms with Gasteiger partial charge < -0.3 is 14.1 Å². The highest BCUT2D eigenvalue weighted by molar-refractivity contribution is 8.00. The van der Waals surface area contributed by atoms with Crippen LogP contribution < -0.4 is 0 Å². The molecule has 35 heavy (non-hydrogen) atoms. The monoisotopic (exact) mass is 522 g/mol. The molecule has 9 heteroatoms. The molecule has 1 aromatic carbocycles. The molecule has 1 saturated heterocycles. The number of carbonyl (C=O) groups excluding carboxylic acids is 2. The molecule has 0 amide bonds. The van der Waals surface area contributed by atoms with Crippen LogP contribution in [-0.4, -0.2) is 52.0 Å². The van der Waals surface area contributed by atoms with Crippen molar-refractivity contribution in [3.63, 3.8) is 0 Å². The molecule has 0 radical (unpaired) electrons. The fourth-order valence-electron chi connectivity index (χ4n) is 4.53. The van der Waals surface area contributed by atoms with E-state index in [4.69, 9.17) is 0 Å². The molecule has 1 aliphatic carbocycles. The van der Waals surface area contributed by atoms with Crippen molar-refractivity contribution in [3.05, 3.63) is 41.0 Å². The van der Waals surface area contributed by atoms with Gasteiger partial charge in [-0.25, -0.2) is 12.9 Å². The van der Waals surface area contributed by atoms with Crippen LogP contribution in [0.25, 0.3) is 0 Å². The number of aromatic nitrogens is 1. The van der Waals surface area contributed by atoms with Gasteiger partial charge in [0, 0.05) is 54.4 Å². The lowest BCUT2D eigenvalue weighted by Gasteiger charge is -2.29. The first-order valence-corrected chi connectivity index (χ1v) is 13.9. The molecule has 1 atom stereocenters. The second kappa shape index (κ2) is 12.0. The minimum Gasteiger partial charge on any atom is -0.385 e. The van der Waals surface area contributed by atoms with E-state index < -0.39 is 16.8 Å². The van der Waals surface area contributed by atoms with Gasteiger partial charge >= 0.3 is 0 Å². The summed E-state index contributed by atoms with van der Waals surface area (Å²) < 4.78 is 35.6. The molecule has 2 aromatic rings. The van der Waals surface area contributed by atoms with Crippen molar-refractivity contribution in [2.45, 2.75) is 74.6 Å². The third-order valence-corrected chi connectivity index (χ3v) is 9.25. The standard InChI is InChI=1S/C23H27FN2O3S2.C3H8O/c1-15-22(21-17(26(15)10-11-27)13-23(2,3)14-18(21)28)30-19-7-6-16(24)12-20(19)31(29)25-8-4-5-9-25;1-3-4-2/h6-7,11-12H,4-5,8-10,13-14H2,1-3H3;3H2,1-2H3. The highest BCUT2D eigenvalue weighted by Gasteiger charge is 2.37. The Morgan fingerprint density at radius 3 is 2.49 bits per heavy atom. The summed E-state index contributed by atoms with van der Waals surface area (Å²) in [5, 5.41) is 0. The molecular weight excluding hydrogens is 487 g/mol. The van der Waals surface area contributed by atoms with E-state index in [2.05, 4.69) is 18.6 Å². The first kappa shape index (κ1) is 27.8. The number of nitrogens with zero attached hydrogens (tertiary/aromatic N) is 2. The zero-order valence-corrected chi connectivity index (χ0v) is 22.8. The maximum atomic E-state index is 14.1. The van der Waals surface area contributed by atoms with Crippen molar-refractivity contribution < 1.29 is 22.9 Å². The molecule has 1 unspecified atom stereocenters. The van der Waals surface area contributed by atoms with Gasteiger partial charge in [0.05, 0.1) is 17.0 Å². The van der Waals surface area contributed by atoms with Crippen molar-refractivity contribution in [3.8, 4) is 0 Å². The van der Waals surface area contributed by atoms with Crippen LogP contribution in [0.2, 0.25) is 0 Å². The van der Waals surface area contributed by atoms with Gasteiger partial charge in [-0.15, -0.1) is 0 Å². The molecule has 2 heterocycles. The highest BCUT2D eigenvalue weighted by atomic mass is 32.2. The van der Waals surface area contributed by atoms with E-state index in [9.17, 15) is 18.2 Å². The Balaban J connectivity index is 0.000000795. The summed E-state index contributed by atoms with van der Waals surface area (Å²) in [6.07, 6.45) is 3.96. The third-order valence-electron chi connectivity index (χ3n) is 6.29. The number of hydrogen-bond donors (Lipinski definition) is 0. The number of benzene rings is 1. The Morgan fingerprint density at radius 1 is 1.23 bits per heavy atom. The van der Waals surface area contributed by atoms with Gasteiger partial charge in [-0.05, 0) is 56.7 Å². The Labute approximate surface area is 214 Å². The number of halogens is 1. The molecular formula is C26H35FN2O4S2. The van der Waals surface area contributed by atoms with Gasteiger partial charge in [0.1, 0.15) is 23.1 Å². The summed E-state index contributed by atoms with van der Waals surface area (Å²) in [6, 6.07) is 4.34. The molecule has 2 aliphatic rings.